The number of carbonyl (C=O) groups is 1. The fourth-order valence-electron chi connectivity index (χ4n) is 3.20. The summed E-state index contributed by atoms with van der Waals surface area (Å²) in [6.45, 7) is 1.83. The lowest BCUT2D eigenvalue weighted by atomic mass is 10.0. The lowest BCUT2D eigenvalue weighted by Gasteiger charge is -2.34. The number of ether oxygens (including phenoxy) is 2. The maximum atomic E-state index is 12.9. The van der Waals surface area contributed by atoms with Crippen molar-refractivity contribution >= 4 is 33.2 Å². The third kappa shape index (κ3) is 4.76. The van der Waals surface area contributed by atoms with E-state index in [4.69, 9.17) is 21.1 Å². The highest BCUT2D eigenvalue weighted by atomic mass is 35.5. The number of anilines is 1. The highest BCUT2D eigenvalue weighted by Crippen LogP contribution is 2.37. The van der Waals surface area contributed by atoms with Gasteiger partial charge < -0.3 is 14.8 Å². The summed E-state index contributed by atoms with van der Waals surface area (Å²) in [4.78, 5) is 12.9. The Hall–Kier alpha value is -2.45. The van der Waals surface area contributed by atoms with Crippen molar-refractivity contribution in [1.82, 2.24) is 5.32 Å². The number of nitrogens with one attached hydrogen (secondary N) is 1. The van der Waals surface area contributed by atoms with Crippen molar-refractivity contribution in [1.29, 1.82) is 0 Å². The molecule has 2 atom stereocenters. The molecule has 156 valence electrons. The minimum Gasteiger partial charge on any atom is -0.497 e. The van der Waals surface area contributed by atoms with Gasteiger partial charge in [-0.2, -0.15) is 0 Å². The largest absolute Gasteiger partial charge is 0.497 e. The van der Waals surface area contributed by atoms with E-state index in [9.17, 15) is 13.2 Å². The average Bonchev–Trinajstić information content (AvgIpc) is 2.70. The number of rotatable bonds is 6. The van der Waals surface area contributed by atoms with Crippen molar-refractivity contribution in [3.05, 3.63) is 53.1 Å². The molecule has 0 aliphatic carbocycles. The highest BCUT2D eigenvalue weighted by Gasteiger charge is 2.35. The van der Waals surface area contributed by atoms with Crippen molar-refractivity contribution in [2.45, 2.75) is 25.5 Å². The van der Waals surface area contributed by atoms with Gasteiger partial charge in [0, 0.05) is 5.02 Å². The van der Waals surface area contributed by atoms with E-state index in [2.05, 4.69) is 5.32 Å². The van der Waals surface area contributed by atoms with Gasteiger partial charge in [0.15, 0.2) is 6.10 Å². The van der Waals surface area contributed by atoms with Crippen LogP contribution in [0.25, 0.3) is 0 Å². The zero-order chi connectivity index (χ0) is 21.2. The smallest absolute Gasteiger partial charge is 0.263 e. The summed E-state index contributed by atoms with van der Waals surface area (Å²) >= 11 is 6.00. The fraction of sp³-hybridized carbons (Fsp3) is 0.350. The SMILES string of the molecule is CC[C@H](NC(=O)[C@H]1CN(S(C)(=O)=O)c2cc(Cl)ccc2O1)c1ccc(OC)cc1. The second kappa shape index (κ2) is 8.51. The van der Waals surface area contributed by atoms with Crippen molar-refractivity contribution in [2.24, 2.45) is 0 Å². The van der Waals surface area contributed by atoms with Gasteiger partial charge >= 0.3 is 0 Å². The van der Waals surface area contributed by atoms with Crippen LogP contribution < -0.4 is 19.1 Å². The molecule has 0 aromatic heterocycles. The Morgan fingerprint density at radius 3 is 2.59 bits per heavy atom. The Labute approximate surface area is 175 Å². The fourth-order valence-corrected chi connectivity index (χ4v) is 4.27. The van der Waals surface area contributed by atoms with Crippen LogP contribution in [0.15, 0.2) is 42.5 Å². The van der Waals surface area contributed by atoms with E-state index < -0.39 is 16.1 Å². The molecule has 0 saturated heterocycles. The summed E-state index contributed by atoms with van der Waals surface area (Å²) in [6, 6.07) is 11.8. The number of benzene rings is 2. The molecule has 0 spiro atoms. The Kier molecular flexibility index (Phi) is 6.24. The molecular weight excluding hydrogens is 416 g/mol. The topological polar surface area (TPSA) is 84.9 Å². The Morgan fingerprint density at radius 1 is 1.31 bits per heavy atom. The summed E-state index contributed by atoms with van der Waals surface area (Å²) in [5, 5.41) is 3.34. The van der Waals surface area contributed by atoms with Crippen molar-refractivity contribution in [3.8, 4) is 11.5 Å². The van der Waals surface area contributed by atoms with Crippen LogP contribution in [-0.4, -0.2) is 40.3 Å². The minimum atomic E-state index is -3.62. The summed E-state index contributed by atoms with van der Waals surface area (Å²) in [5.74, 6) is 0.634. The highest BCUT2D eigenvalue weighted by molar-refractivity contribution is 7.92. The van der Waals surface area contributed by atoms with Crippen LogP contribution in [0.1, 0.15) is 24.9 Å². The lowest BCUT2D eigenvalue weighted by Crippen LogP contribution is -2.51. The lowest BCUT2D eigenvalue weighted by molar-refractivity contribution is -0.128. The van der Waals surface area contributed by atoms with Crippen LogP contribution >= 0.6 is 11.6 Å². The van der Waals surface area contributed by atoms with Crippen LogP contribution in [0, 0.1) is 0 Å². The van der Waals surface area contributed by atoms with E-state index in [-0.39, 0.29) is 18.5 Å². The molecule has 29 heavy (non-hydrogen) atoms. The molecule has 1 heterocycles. The zero-order valence-electron chi connectivity index (χ0n) is 16.4. The number of sulfonamides is 1. The number of carbonyl (C=O) groups excluding carboxylic acids is 1. The second-order valence-electron chi connectivity index (χ2n) is 6.76. The quantitative estimate of drug-likeness (QED) is 0.748. The molecule has 1 aliphatic rings. The third-order valence-corrected chi connectivity index (χ3v) is 6.11. The third-order valence-electron chi connectivity index (χ3n) is 4.73. The zero-order valence-corrected chi connectivity index (χ0v) is 18.0. The Morgan fingerprint density at radius 2 is 2.00 bits per heavy atom. The minimum absolute atomic E-state index is 0.128. The van der Waals surface area contributed by atoms with E-state index in [0.717, 1.165) is 21.9 Å². The number of nitrogens with zero attached hydrogens (tertiary/aromatic N) is 1. The first kappa shape index (κ1) is 21.3. The van der Waals surface area contributed by atoms with Gasteiger partial charge in [0.2, 0.25) is 10.0 Å². The van der Waals surface area contributed by atoms with Crippen LogP contribution in [0.3, 0.4) is 0 Å². The summed E-state index contributed by atoms with van der Waals surface area (Å²) < 4.78 is 36.7. The first-order valence-corrected chi connectivity index (χ1v) is 11.3. The van der Waals surface area contributed by atoms with Gasteiger partial charge in [-0.05, 0) is 42.3 Å². The van der Waals surface area contributed by atoms with Crippen molar-refractivity contribution < 1.29 is 22.7 Å². The molecule has 0 radical (unpaired) electrons. The normalized spacial score (nSPS) is 17.1. The van der Waals surface area contributed by atoms with Gasteiger partial charge in [-0.1, -0.05) is 30.7 Å². The molecule has 0 unspecified atom stereocenters. The van der Waals surface area contributed by atoms with Crippen LogP contribution in [0.5, 0.6) is 11.5 Å². The van der Waals surface area contributed by atoms with Crippen LogP contribution in [0.4, 0.5) is 5.69 Å². The van der Waals surface area contributed by atoms with Gasteiger partial charge in [-0.25, -0.2) is 8.42 Å². The van der Waals surface area contributed by atoms with E-state index in [1.54, 1.807) is 19.2 Å². The van der Waals surface area contributed by atoms with E-state index in [1.165, 1.54) is 6.07 Å². The first-order valence-electron chi connectivity index (χ1n) is 9.11. The maximum Gasteiger partial charge on any atom is 0.263 e. The molecule has 9 heteroatoms. The molecule has 2 aromatic carbocycles. The predicted molar refractivity (Wildman–Crippen MR) is 112 cm³/mol. The second-order valence-corrected chi connectivity index (χ2v) is 9.10. The van der Waals surface area contributed by atoms with Crippen molar-refractivity contribution in [3.63, 3.8) is 0 Å². The van der Waals surface area contributed by atoms with Crippen LogP contribution in [0.2, 0.25) is 5.02 Å². The number of fused-ring (bicyclic) bond motifs is 1. The molecule has 0 fully saturated rings. The summed E-state index contributed by atoms with van der Waals surface area (Å²) in [7, 11) is -2.03. The molecule has 1 amide bonds. The molecule has 1 N–H and O–H groups in total. The number of hydrogen-bond acceptors (Lipinski definition) is 5. The monoisotopic (exact) mass is 438 g/mol. The van der Waals surface area contributed by atoms with Crippen LogP contribution in [-0.2, 0) is 14.8 Å². The van der Waals surface area contributed by atoms with E-state index in [1.807, 2.05) is 31.2 Å². The standard InChI is InChI=1S/C20H23ClN2O5S/c1-4-16(13-5-8-15(27-2)9-6-13)22-20(24)19-12-23(29(3,25)26)17-11-14(21)7-10-18(17)28-19/h5-11,16,19H,4,12H2,1-3H3,(H,22,24)/t16-,19+/m0/s1. The van der Waals surface area contributed by atoms with Gasteiger partial charge in [0.25, 0.3) is 5.91 Å². The van der Waals surface area contributed by atoms with Gasteiger partial charge in [0.1, 0.15) is 11.5 Å². The summed E-state index contributed by atoms with van der Waals surface area (Å²) in [5.41, 5.74) is 1.25. The van der Waals surface area contributed by atoms with Crippen molar-refractivity contribution in [2.75, 3.05) is 24.2 Å². The number of methoxy groups -OCH3 is 1. The Balaban J connectivity index is 1.82. The Bertz CT molecular complexity index is 994. The van der Waals surface area contributed by atoms with Gasteiger partial charge in [0.05, 0.1) is 31.6 Å². The van der Waals surface area contributed by atoms with E-state index in [0.29, 0.717) is 22.9 Å². The molecule has 2 aromatic rings. The first-order chi connectivity index (χ1) is 13.7. The predicted octanol–water partition coefficient (Wildman–Crippen LogP) is 3.14. The number of hydrogen-bond donors (Lipinski definition) is 1. The molecule has 0 bridgehead atoms. The number of halogens is 1. The molecule has 0 saturated carbocycles. The van der Waals surface area contributed by atoms with Gasteiger partial charge in [-0.15, -0.1) is 0 Å². The molecule has 7 nitrogen and oxygen atoms in total. The molecule has 1 aliphatic heterocycles. The summed E-state index contributed by atoms with van der Waals surface area (Å²) in [6.07, 6.45) is 0.766. The molecular formula is C20H23ClN2O5S. The average molecular weight is 439 g/mol. The number of amides is 1. The van der Waals surface area contributed by atoms with Gasteiger partial charge in [-0.3, -0.25) is 9.10 Å². The van der Waals surface area contributed by atoms with E-state index >= 15 is 0 Å². The maximum absolute atomic E-state index is 12.9. The molecule has 3 rings (SSSR count).